The lowest BCUT2D eigenvalue weighted by Gasteiger charge is -2.10. The average Bonchev–Trinajstić information content (AvgIpc) is 2.73. The van der Waals surface area contributed by atoms with Gasteiger partial charge in [0, 0.05) is 16.4 Å². The van der Waals surface area contributed by atoms with E-state index in [1.165, 1.54) is 0 Å². The summed E-state index contributed by atoms with van der Waals surface area (Å²) in [4.78, 5) is 13.7. The summed E-state index contributed by atoms with van der Waals surface area (Å²) in [7, 11) is -2.29. The summed E-state index contributed by atoms with van der Waals surface area (Å²) in [6.45, 7) is 5.47. The Labute approximate surface area is 171 Å². The van der Waals surface area contributed by atoms with Gasteiger partial charge in [0.05, 0.1) is 0 Å². The van der Waals surface area contributed by atoms with Crippen LogP contribution in [0.5, 0.6) is 0 Å². The van der Waals surface area contributed by atoms with Crippen molar-refractivity contribution in [1.29, 1.82) is 0 Å². The van der Waals surface area contributed by atoms with E-state index >= 15 is 0 Å². The smallest absolute Gasteiger partial charge is 0.163 e. The van der Waals surface area contributed by atoms with Gasteiger partial charge >= 0.3 is 0 Å². The molecular weight excluding hydrogens is 377 g/mol. The molecule has 144 valence electrons. The van der Waals surface area contributed by atoms with Crippen LogP contribution in [-0.4, -0.2) is 28.3 Å². The number of nitrogens with zero attached hydrogens (tertiary/aromatic N) is 3. The first kappa shape index (κ1) is 19.2. The van der Waals surface area contributed by atoms with Gasteiger partial charge in [-0.25, -0.2) is 15.0 Å². The Balaban J connectivity index is 1.69. The second kappa shape index (κ2) is 7.73. The van der Waals surface area contributed by atoms with Crippen LogP contribution >= 0.6 is 7.14 Å². The van der Waals surface area contributed by atoms with Crippen molar-refractivity contribution in [2.75, 3.05) is 13.3 Å². The zero-order valence-corrected chi connectivity index (χ0v) is 17.6. The van der Waals surface area contributed by atoms with Gasteiger partial charge in [-0.05, 0) is 37.4 Å². The van der Waals surface area contributed by atoms with Crippen LogP contribution in [0.15, 0.2) is 78.9 Å². The van der Waals surface area contributed by atoms with Gasteiger partial charge in [-0.3, -0.25) is 0 Å². The maximum absolute atomic E-state index is 12.4. The Hall–Kier alpha value is -3.10. The molecule has 1 aromatic heterocycles. The molecule has 0 aliphatic rings. The molecule has 0 unspecified atom stereocenters. The molecule has 0 amide bonds. The van der Waals surface area contributed by atoms with Crippen molar-refractivity contribution in [2.45, 2.75) is 6.92 Å². The Morgan fingerprint density at radius 2 is 1.17 bits per heavy atom. The second-order valence-electron chi connectivity index (χ2n) is 7.37. The van der Waals surface area contributed by atoms with Crippen molar-refractivity contribution < 1.29 is 4.57 Å². The zero-order valence-electron chi connectivity index (χ0n) is 16.7. The fourth-order valence-corrected chi connectivity index (χ4v) is 4.05. The molecule has 1 heterocycles. The minimum Gasteiger partial charge on any atom is -0.319 e. The molecule has 0 bridgehead atoms. The van der Waals surface area contributed by atoms with Gasteiger partial charge in [0.2, 0.25) is 0 Å². The molecular formula is C24H22N3OP. The molecule has 0 saturated heterocycles. The van der Waals surface area contributed by atoms with Crippen LogP contribution in [0, 0.1) is 6.92 Å². The van der Waals surface area contributed by atoms with E-state index < -0.39 is 7.14 Å². The van der Waals surface area contributed by atoms with Gasteiger partial charge in [0.25, 0.3) is 0 Å². The number of rotatable bonds is 4. The van der Waals surface area contributed by atoms with Crippen molar-refractivity contribution in [1.82, 2.24) is 15.0 Å². The first-order chi connectivity index (χ1) is 13.9. The molecule has 4 aromatic rings. The van der Waals surface area contributed by atoms with Gasteiger partial charge in [0.15, 0.2) is 11.6 Å². The predicted octanol–water partition coefficient (Wildman–Crippen LogP) is 5.43. The lowest BCUT2D eigenvalue weighted by Crippen LogP contribution is -2.02. The van der Waals surface area contributed by atoms with Crippen LogP contribution in [-0.2, 0) is 4.57 Å². The first-order valence-electron chi connectivity index (χ1n) is 9.45. The van der Waals surface area contributed by atoms with Gasteiger partial charge < -0.3 is 4.57 Å². The Morgan fingerprint density at radius 3 is 1.79 bits per heavy atom. The highest BCUT2D eigenvalue weighted by molar-refractivity contribution is 7.70. The standard InChI is InChI=1S/C24H22N3OP/c1-17-25-23(19-8-5-4-6-9-19)27-24(26-17)20-14-12-18(13-15-20)21-10-7-11-22(16-21)29(2,3)28/h4-16H,1-3H3. The summed E-state index contributed by atoms with van der Waals surface area (Å²) < 4.78 is 12.4. The molecule has 29 heavy (non-hydrogen) atoms. The maximum atomic E-state index is 12.4. The van der Waals surface area contributed by atoms with E-state index in [-0.39, 0.29) is 0 Å². The number of aryl methyl sites for hydroxylation is 1. The Kier molecular flexibility index (Phi) is 5.12. The summed E-state index contributed by atoms with van der Waals surface area (Å²) in [5.74, 6) is 2.02. The molecule has 0 aliphatic carbocycles. The van der Waals surface area contributed by atoms with E-state index in [1.807, 2.05) is 85.8 Å². The van der Waals surface area contributed by atoms with Crippen LogP contribution in [0.3, 0.4) is 0 Å². The van der Waals surface area contributed by atoms with Gasteiger partial charge in [-0.15, -0.1) is 0 Å². The van der Waals surface area contributed by atoms with Crippen LogP contribution in [0.2, 0.25) is 0 Å². The van der Waals surface area contributed by atoms with E-state index in [0.29, 0.717) is 17.5 Å². The molecule has 4 rings (SSSR count). The van der Waals surface area contributed by atoms with Crippen molar-refractivity contribution in [2.24, 2.45) is 0 Å². The molecule has 0 radical (unpaired) electrons. The average molecular weight is 399 g/mol. The summed E-state index contributed by atoms with van der Waals surface area (Å²) in [5.41, 5.74) is 4.02. The summed E-state index contributed by atoms with van der Waals surface area (Å²) in [5, 5.41) is 0.889. The molecule has 0 saturated carbocycles. The number of hydrogen-bond donors (Lipinski definition) is 0. The van der Waals surface area contributed by atoms with Crippen molar-refractivity contribution in [3.63, 3.8) is 0 Å². The minimum absolute atomic E-state index is 0.656. The third-order valence-electron chi connectivity index (χ3n) is 4.72. The van der Waals surface area contributed by atoms with Crippen LogP contribution in [0.25, 0.3) is 33.9 Å². The van der Waals surface area contributed by atoms with E-state index in [4.69, 9.17) is 0 Å². The third-order valence-corrected chi connectivity index (χ3v) is 6.25. The minimum atomic E-state index is -2.29. The highest BCUT2D eigenvalue weighted by atomic mass is 31.2. The zero-order chi connectivity index (χ0) is 20.4. The molecule has 0 N–H and O–H groups in total. The summed E-state index contributed by atoms with van der Waals surface area (Å²) in [6.07, 6.45) is 0. The predicted molar refractivity (Wildman–Crippen MR) is 120 cm³/mol. The van der Waals surface area contributed by atoms with E-state index in [1.54, 1.807) is 13.3 Å². The first-order valence-corrected chi connectivity index (χ1v) is 12.0. The van der Waals surface area contributed by atoms with Crippen molar-refractivity contribution in [3.8, 4) is 33.9 Å². The van der Waals surface area contributed by atoms with Crippen LogP contribution in [0.4, 0.5) is 0 Å². The quantitative estimate of drug-likeness (QED) is 0.430. The molecule has 4 nitrogen and oxygen atoms in total. The monoisotopic (exact) mass is 399 g/mol. The summed E-state index contributed by atoms with van der Waals surface area (Å²) in [6, 6.07) is 26.0. The van der Waals surface area contributed by atoms with Crippen LogP contribution < -0.4 is 5.30 Å². The van der Waals surface area contributed by atoms with Gasteiger partial charge in [-0.1, -0.05) is 72.8 Å². The van der Waals surface area contributed by atoms with E-state index in [9.17, 15) is 4.57 Å². The summed E-state index contributed by atoms with van der Waals surface area (Å²) >= 11 is 0. The third kappa shape index (κ3) is 4.33. The highest BCUT2D eigenvalue weighted by Crippen LogP contribution is 2.36. The van der Waals surface area contributed by atoms with Gasteiger partial charge in [0.1, 0.15) is 13.0 Å². The normalized spacial score (nSPS) is 11.4. The molecule has 0 fully saturated rings. The molecule has 0 aliphatic heterocycles. The highest BCUT2D eigenvalue weighted by Gasteiger charge is 2.12. The molecule has 0 spiro atoms. The fraction of sp³-hybridized carbons (Fsp3) is 0.125. The van der Waals surface area contributed by atoms with Crippen LogP contribution in [0.1, 0.15) is 5.82 Å². The largest absolute Gasteiger partial charge is 0.319 e. The molecule has 3 aromatic carbocycles. The number of hydrogen-bond acceptors (Lipinski definition) is 4. The number of aromatic nitrogens is 3. The topological polar surface area (TPSA) is 55.7 Å². The van der Waals surface area contributed by atoms with E-state index in [0.717, 1.165) is 27.6 Å². The van der Waals surface area contributed by atoms with E-state index in [2.05, 4.69) is 15.0 Å². The SMILES string of the molecule is Cc1nc(-c2ccccc2)nc(-c2ccc(-c3cccc(P(C)(C)=O)c3)cc2)n1. The Morgan fingerprint density at radius 1 is 0.621 bits per heavy atom. The van der Waals surface area contributed by atoms with Gasteiger partial charge in [-0.2, -0.15) is 0 Å². The second-order valence-corrected chi connectivity index (χ2v) is 10.6. The van der Waals surface area contributed by atoms with Crippen molar-refractivity contribution in [3.05, 3.63) is 84.7 Å². The van der Waals surface area contributed by atoms with Crippen molar-refractivity contribution >= 4 is 12.4 Å². The Bertz CT molecular complexity index is 1200. The lowest BCUT2D eigenvalue weighted by atomic mass is 10.0. The lowest BCUT2D eigenvalue weighted by molar-refractivity contribution is 0.588. The maximum Gasteiger partial charge on any atom is 0.163 e. The fourth-order valence-electron chi connectivity index (χ4n) is 3.16. The molecule has 5 heteroatoms. The number of benzene rings is 3. The molecule has 0 atom stereocenters.